The normalized spacial score (nSPS) is 19.5. The third-order valence-electron chi connectivity index (χ3n) is 6.73. The fraction of sp³-hybridized carbons (Fsp3) is 0.462. The van der Waals surface area contributed by atoms with Crippen molar-refractivity contribution in [2.75, 3.05) is 32.5 Å². The van der Waals surface area contributed by atoms with Crippen LogP contribution in [0.1, 0.15) is 37.4 Å². The van der Waals surface area contributed by atoms with Gasteiger partial charge in [0, 0.05) is 30.1 Å². The summed E-state index contributed by atoms with van der Waals surface area (Å²) < 4.78 is 5.33. The molecule has 2 aromatic heterocycles. The number of piperidine rings is 1. The summed E-state index contributed by atoms with van der Waals surface area (Å²) in [6.45, 7) is 2.31. The molecule has 8 nitrogen and oxygen atoms in total. The topological polar surface area (TPSA) is 109 Å². The van der Waals surface area contributed by atoms with Gasteiger partial charge < -0.3 is 19.8 Å². The predicted octanol–water partition coefficient (Wildman–Crippen LogP) is 4.05. The number of benzene rings is 1. The highest BCUT2D eigenvalue weighted by Gasteiger charge is 2.34. The van der Waals surface area contributed by atoms with E-state index in [-0.39, 0.29) is 5.92 Å². The lowest BCUT2D eigenvalue weighted by atomic mass is 9.81. The largest absolute Gasteiger partial charge is 0.497 e. The molecular weight excluding hydrogens is 464 g/mol. The van der Waals surface area contributed by atoms with Crippen LogP contribution >= 0.6 is 11.8 Å². The first kappa shape index (κ1) is 25.3. The van der Waals surface area contributed by atoms with Crippen molar-refractivity contribution in [1.29, 1.82) is 0 Å². The Morgan fingerprint density at radius 3 is 2.94 bits per heavy atom. The molecule has 1 aromatic carbocycles. The third-order valence-corrected chi connectivity index (χ3v) is 7.73. The summed E-state index contributed by atoms with van der Waals surface area (Å²) in [5, 5.41) is 30.6. The van der Waals surface area contributed by atoms with Crippen LogP contribution in [0.5, 0.6) is 5.75 Å². The molecule has 0 saturated carbocycles. The summed E-state index contributed by atoms with van der Waals surface area (Å²) >= 11 is 1.67. The Balaban J connectivity index is 1.30. The first-order chi connectivity index (χ1) is 17.0. The number of aromatic nitrogens is 3. The number of pyridine rings is 1. The van der Waals surface area contributed by atoms with Crippen LogP contribution in [-0.4, -0.2) is 68.8 Å². The minimum Gasteiger partial charge on any atom is -0.497 e. The summed E-state index contributed by atoms with van der Waals surface area (Å²) in [6.07, 6.45) is 5.66. The van der Waals surface area contributed by atoms with Gasteiger partial charge in [-0.2, -0.15) is 5.10 Å². The van der Waals surface area contributed by atoms with Crippen LogP contribution in [0.3, 0.4) is 0 Å². The van der Waals surface area contributed by atoms with Crippen LogP contribution in [0.4, 0.5) is 0 Å². The van der Waals surface area contributed by atoms with E-state index in [1.165, 1.54) is 0 Å². The van der Waals surface area contributed by atoms with Crippen LogP contribution in [0.2, 0.25) is 0 Å². The summed E-state index contributed by atoms with van der Waals surface area (Å²) in [4.78, 5) is 18.7. The van der Waals surface area contributed by atoms with Crippen molar-refractivity contribution in [3.05, 3.63) is 54.4 Å². The maximum atomic E-state index is 12.1. The molecule has 1 unspecified atom stereocenters. The van der Waals surface area contributed by atoms with E-state index in [0.29, 0.717) is 25.1 Å². The van der Waals surface area contributed by atoms with Gasteiger partial charge in [0.2, 0.25) is 0 Å². The number of aliphatic hydroxyl groups is 1. The van der Waals surface area contributed by atoms with E-state index in [4.69, 9.17) is 4.74 Å². The zero-order chi connectivity index (χ0) is 24.6. The molecule has 1 saturated heterocycles. The van der Waals surface area contributed by atoms with Gasteiger partial charge in [0.05, 0.1) is 24.6 Å². The molecule has 186 valence electrons. The molecule has 9 heteroatoms. The lowest BCUT2D eigenvalue weighted by Crippen LogP contribution is -2.44. The number of likely N-dealkylation sites (tertiary alicyclic amines) is 1. The van der Waals surface area contributed by atoms with E-state index in [1.807, 2.05) is 36.4 Å². The second-order valence-electron chi connectivity index (χ2n) is 8.93. The smallest absolute Gasteiger partial charge is 0.308 e. The first-order valence-electron chi connectivity index (χ1n) is 12.0. The number of aliphatic carboxylic acids is 1. The number of thioether (sulfide) groups is 1. The Kier molecular flexibility index (Phi) is 8.90. The molecule has 4 rings (SSSR count). The van der Waals surface area contributed by atoms with Crippen LogP contribution in [0.15, 0.2) is 53.8 Å². The molecule has 3 heterocycles. The van der Waals surface area contributed by atoms with Crippen molar-refractivity contribution in [2.45, 2.75) is 36.8 Å². The fourth-order valence-corrected chi connectivity index (χ4v) is 5.58. The summed E-state index contributed by atoms with van der Waals surface area (Å²) in [6, 6.07) is 11.3. The van der Waals surface area contributed by atoms with Gasteiger partial charge >= 0.3 is 5.97 Å². The maximum absolute atomic E-state index is 12.1. The zero-order valence-corrected chi connectivity index (χ0v) is 20.7. The number of carbonyl (C=O) groups is 1. The van der Waals surface area contributed by atoms with Gasteiger partial charge in [-0.05, 0) is 86.7 Å². The molecule has 1 aliphatic heterocycles. The number of fused-ring (bicyclic) bond motifs is 1. The lowest BCUT2D eigenvalue weighted by Gasteiger charge is -2.37. The van der Waals surface area contributed by atoms with E-state index in [2.05, 4.69) is 20.1 Å². The van der Waals surface area contributed by atoms with Gasteiger partial charge in [0.25, 0.3) is 0 Å². The number of rotatable bonds is 11. The molecule has 0 radical (unpaired) electrons. The maximum Gasteiger partial charge on any atom is 0.308 e. The molecule has 1 aliphatic rings. The van der Waals surface area contributed by atoms with Crippen LogP contribution in [0, 0.1) is 11.8 Å². The van der Waals surface area contributed by atoms with Gasteiger partial charge in [-0.3, -0.25) is 9.78 Å². The molecule has 2 N–H and O–H groups in total. The molecule has 0 amide bonds. The van der Waals surface area contributed by atoms with E-state index >= 15 is 0 Å². The molecule has 0 aliphatic carbocycles. The minimum atomic E-state index is -0.748. The molecule has 0 bridgehead atoms. The predicted molar refractivity (Wildman–Crippen MR) is 136 cm³/mol. The number of ether oxygens (including phenoxy) is 1. The number of methoxy groups -OCH3 is 1. The first-order valence-corrected chi connectivity index (χ1v) is 13.0. The fourth-order valence-electron chi connectivity index (χ4n) is 4.82. The molecule has 3 atom stereocenters. The lowest BCUT2D eigenvalue weighted by molar-refractivity contribution is -0.146. The highest BCUT2D eigenvalue weighted by molar-refractivity contribution is 7.99. The molecule has 3 aromatic rings. The van der Waals surface area contributed by atoms with Crippen molar-refractivity contribution in [3.63, 3.8) is 0 Å². The van der Waals surface area contributed by atoms with Gasteiger partial charge in [-0.1, -0.05) is 0 Å². The van der Waals surface area contributed by atoms with E-state index < -0.39 is 18.0 Å². The molecule has 1 fully saturated rings. The van der Waals surface area contributed by atoms with E-state index in [0.717, 1.165) is 53.2 Å². The van der Waals surface area contributed by atoms with Crippen LogP contribution in [0.25, 0.3) is 10.9 Å². The van der Waals surface area contributed by atoms with Crippen molar-refractivity contribution < 1.29 is 19.7 Å². The number of carboxylic acids is 1. The van der Waals surface area contributed by atoms with Gasteiger partial charge in [0.15, 0.2) is 0 Å². The number of hydrogen-bond acceptors (Lipinski definition) is 8. The van der Waals surface area contributed by atoms with Crippen LogP contribution in [-0.2, 0) is 4.79 Å². The number of hydrogen-bond donors (Lipinski definition) is 2. The summed E-state index contributed by atoms with van der Waals surface area (Å²) in [5.41, 5.74) is 1.61. The standard InChI is InChI=1S/C26H32N4O4S/c1-34-19-6-7-23-21(16-19)20(9-12-27-23)24(31)8-5-18-10-14-30(17-22(18)26(32)33)13-3-15-35-25-4-2-11-28-29-25/h2,4,6-7,9,11-12,16,18,22,24,31H,3,5,8,10,13-15,17H2,1H3,(H,32,33)/t18-,22+,24?/m1/s1. The number of carboxylic acid groups (broad SMARTS) is 1. The molecular formula is C26H32N4O4S. The average molecular weight is 497 g/mol. The Hall–Kier alpha value is -2.75. The third kappa shape index (κ3) is 6.68. The van der Waals surface area contributed by atoms with Crippen molar-refractivity contribution in [2.24, 2.45) is 11.8 Å². The van der Waals surface area contributed by atoms with E-state index in [1.54, 1.807) is 31.3 Å². The second kappa shape index (κ2) is 12.3. The van der Waals surface area contributed by atoms with Gasteiger partial charge in [-0.15, -0.1) is 16.9 Å². The van der Waals surface area contributed by atoms with Gasteiger partial charge in [0.1, 0.15) is 10.8 Å². The molecule has 35 heavy (non-hydrogen) atoms. The quantitative estimate of drug-likeness (QED) is 0.300. The Bertz CT molecular complexity index is 1120. The van der Waals surface area contributed by atoms with Crippen molar-refractivity contribution in [1.82, 2.24) is 20.1 Å². The number of aliphatic hydroxyl groups excluding tert-OH is 1. The zero-order valence-electron chi connectivity index (χ0n) is 19.9. The average Bonchev–Trinajstić information content (AvgIpc) is 2.89. The van der Waals surface area contributed by atoms with E-state index in [9.17, 15) is 15.0 Å². The Labute approximate surface area is 209 Å². The Morgan fingerprint density at radius 1 is 1.29 bits per heavy atom. The Morgan fingerprint density at radius 2 is 2.17 bits per heavy atom. The summed E-state index contributed by atoms with van der Waals surface area (Å²) in [7, 11) is 1.61. The highest BCUT2D eigenvalue weighted by atomic mass is 32.2. The number of nitrogens with zero attached hydrogens (tertiary/aromatic N) is 4. The summed E-state index contributed by atoms with van der Waals surface area (Å²) in [5.74, 6) is 0.523. The van der Waals surface area contributed by atoms with Gasteiger partial charge in [-0.25, -0.2) is 0 Å². The van der Waals surface area contributed by atoms with Crippen LogP contribution < -0.4 is 4.74 Å². The highest BCUT2D eigenvalue weighted by Crippen LogP contribution is 2.34. The second-order valence-corrected chi connectivity index (χ2v) is 10.0. The molecule has 0 spiro atoms. The van der Waals surface area contributed by atoms with Crippen molar-refractivity contribution in [3.8, 4) is 5.75 Å². The SMILES string of the molecule is COc1ccc2nccc(C(O)CC[C@@H]3CCN(CCCSc4cccnn4)C[C@@H]3C(=O)O)c2c1. The van der Waals surface area contributed by atoms with Crippen molar-refractivity contribution >= 4 is 28.6 Å². The minimum absolute atomic E-state index is 0.0509. The monoisotopic (exact) mass is 496 g/mol.